The van der Waals surface area contributed by atoms with Crippen LogP contribution in [0.4, 0.5) is 14.5 Å². The highest BCUT2D eigenvalue weighted by Crippen LogP contribution is 2.34. The Kier molecular flexibility index (Phi) is 3.54. The summed E-state index contributed by atoms with van der Waals surface area (Å²) in [5.41, 5.74) is 5.49. The van der Waals surface area contributed by atoms with Crippen LogP contribution in [0.15, 0.2) is 46.2 Å². The molecule has 0 bridgehead atoms. The zero-order valence-corrected chi connectivity index (χ0v) is 10.2. The van der Waals surface area contributed by atoms with Gasteiger partial charge in [0.15, 0.2) is 0 Å². The van der Waals surface area contributed by atoms with Crippen molar-refractivity contribution in [2.75, 3.05) is 5.73 Å². The molecule has 0 saturated heterocycles. The first kappa shape index (κ1) is 12.2. The van der Waals surface area contributed by atoms with E-state index in [0.29, 0.717) is 9.92 Å². The predicted octanol–water partition coefficient (Wildman–Crippen LogP) is 4.35. The van der Waals surface area contributed by atoms with Gasteiger partial charge in [-0.15, -0.1) is 0 Å². The van der Waals surface area contributed by atoms with Gasteiger partial charge in [0.05, 0.1) is 5.69 Å². The van der Waals surface area contributed by atoms with Gasteiger partial charge in [-0.25, -0.2) is 8.78 Å². The molecule has 0 amide bonds. The maximum atomic E-state index is 13.2. The second kappa shape index (κ2) is 4.94. The SMILES string of the molecule is Nc1c(F)cc(F)cc1Sc1ccc(Cl)cc1. The molecule has 2 N–H and O–H groups in total. The number of halogens is 3. The standard InChI is InChI=1S/C12H8ClF2NS/c13-7-1-3-9(4-2-7)17-11-6-8(14)5-10(15)12(11)16/h1-6H,16H2. The molecule has 0 heterocycles. The zero-order valence-electron chi connectivity index (χ0n) is 8.58. The van der Waals surface area contributed by atoms with Gasteiger partial charge in [0.1, 0.15) is 11.6 Å². The van der Waals surface area contributed by atoms with E-state index in [9.17, 15) is 8.78 Å². The predicted molar refractivity (Wildman–Crippen MR) is 66.3 cm³/mol. The molecule has 17 heavy (non-hydrogen) atoms. The molecular weight excluding hydrogens is 264 g/mol. The molecule has 0 atom stereocenters. The molecule has 1 nitrogen and oxygen atoms in total. The molecule has 0 spiro atoms. The van der Waals surface area contributed by atoms with Crippen molar-refractivity contribution < 1.29 is 8.78 Å². The summed E-state index contributed by atoms with van der Waals surface area (Å²) in [4.78, 5) is 1.16. The molecule has 2 rings (SSSR count). The largest absolute Gasteiger partial charge is 0.395 e. The monoisotopic (exact) mass is 271 g/mol. The second-order valence-electron chi connectivity index (χ2n) is 3.36. The molecule has 0 unspecified atom stereocenters. The van der Waals surface area contributed by atoms with Gasteiger partial charge in [-0.2, -0.15) is 0 Å². The third-order valence-corrected chi connectivity index (χ3v) is 3.42. The summed E-state index contributed by atoms with van der Waals surface area (Å²) in [5.74, 6) is -1.39. The van der Waals surface area contributed by atoms with E-state index in [1.807, 2.05) is 0 Å². The molecule has 0 aliphatic carbocycles. The van der Waals surface area contributed by atoms with E-state index in [2.05, 4.69) is 0 Å². The number of anilines is 1. The lowest BCUT2D eigenvalue weighted by molar-refractivity contribution is 0.581. The Balaban J connectivity index is 2.32. The highest BCUT2D eigenvalue weighted by molar-refractivity contribution is 7.99. The van der Waals surface area contributed by atoms with Crippen molar-refractivity contribution in [2.45, 2.75) is 9.79 Å². The van der Waals surface area contributed by atoms with Crippen LogP contribution in [0.3, 0.4) is 0 Å². The summed E-state index contributed by atoms with van der Waals surface area (Å²) in [6.07, 6.45) is 0. The minimum atomic E-state index is -0.749. The molecule has 0 saturated carbocycles. The summed E-state index contributed by atoms with van der Waals surface area (Å²) < 4.78 is 26.3. The quantitative estimate of drug-likeness (QED) is 0.822. The number of hydrogen-bond acceptors (Lipinski definition) is 2. The fourth-order valence-electron chi connectivity index (χ4n) is 1.28. The number of benzene rings is 2. The van der Waals surface area contributed by atoms with Gasteiger partial charge in [-0.1, -0.05) is 23.4 Å². The average molecular weight is 272 g/mol. The zero-order chi connectivity index (χ0) is 12.4. The van der Waals surface area contributed by atoms with E-state index in [-0.39, 0.29) is 5.69 Å². The van der Waals surface area contributed by atoms with E-state index in [1.165, 1.54) is 17.8 Å². The first-order valence-corrected chi connectivity index (χ1v) is 5.93. The molecule has 0 radical (unpaired) electrons. The molecular formula is C12H8ClF2NS. The first-order valence-electron chi connectivity index (χ1n) is 4.74. The normalized spacial score (nSPS) is 10.5. The van der Waals surface area contributed by atoms with Gasteiger partial charge < -0.3 is 5.73 Å². The Morgan fingerprint density at radius 1 is 1.06 bits per heavy atom. The van der Waals surface area contributed by atoms with E-state index in [0.717, 1.165) is 11.0 Å². The van der Waals surface area contributed by atoms with Gasteiger partial charge >= 0.3 is 0 Å². The summed E-state index contributed by atoms with van der Waals surface area (Å²) in [5, 5.41) is 0.604. The Bertz CT molecular complexity index is 543. The Hall–Kier alpha value is -1.26. The summed E-state index contributed by atoms with van der Waals surface area (Å²) in [6, 6.07) is 8.90. The molecule has 0 aromatic heterocycles. The van der Waals surface area contributed by atoms with Gasteiger partial charge in [0.2, 0.25) is 0 Å². The van der Waals surface area contributed by atoms with E-state index in [1.54, 1.807) is 24.3 Å². The third kappa shape index (κ3) is 2.90. The number of rotatable bonds is 2. The van der Waals surface area contributed by atoms with E-state index < -0.39 is 11.6 Å². The first-order chi connectivity index (χ1) is 8.06. The van der Waals surface area contributed by atoms with Crippen molar-refractivity contribution in [1.82, 2.24) is 0 Å². The minimum Gasteiger partial charge on any atom is -0.395 e. The molecule has 88 valence electrons. The lowest BCUT2D eigenvalue weighted by Crippen LogP contribution is -1.94. The van der Waals surface area contributed by atoms with Crippen LogP contribution in [0, 0.1) is 11.6 Å². The van der Waals surface area contributed by atoms with Gasteiger partial charge in [0.25, 0.3) is 0 Å². The molecule has 0 aliphatic rings. The van der Waals surface area contributed by atoms with Crippen LogP contribution in [0.2, 0.25) is 5.02 Å². The molecule has 0 aliphatic heterocycles. The van der Waals surface area contributed by atoms with Crippen molar-refractivity contribution >= 4 is 29.1 Å². The van der Waals surface area contributed by atoms with Gasteiger partial charge in [0, 0.05) is 20.9 Å². The van der Waals surface area contributed by atoms with Gasteiger partial charge in [-0.05, 0) is 30.3 Å². The van der Waals surface area contributed by atoms with Crippen molar-refractivity contribution in [1.29, 1.82) is 0 Å². The highest BCUT2D eigenvalue weighted by Gasteiger charge is 2.09. The van der Waals surface area contributed by atoms with Crippen molar-refractivity contribution in [3.63, 3.8) is 0 Å². The third-order valence-electron chi connectivity index (χ3n) is 2.10. The molecule has 0 fully saturated rings. The fourth-order valence-corrected chi connectivity index (χ4v) is 2.31. The van der Waals surface area contributed by atoms with E-state index >= 15 is 0 Å². The molecule has 2 aromatic rings. The molecule has 5 heteroatoms. The Morgan fingerprint density at radius 3 is 2.35 bits per heavy atom. The summed E-state index contributed by atoms with van der Waals surface area (Å²) >= 11 is 6.93. The van der Waals surface area contributed by atoms with Crippen LogP contribution in [0.1, 0.15) is 0 Å². The fraction of sp³-hybridized carbons (Fsp3) is 0. The van der Waals surface area contributed by atoms with Gasteiger partial charge in [-0.3, -0.25) is 0 Å². The van der Waals surface area contributed by atoms with Crippen molar-refractivity contribution in [3.05, 3.63) is 53.1 Å². The van der Waals surface area contributed by atoms with Crippen LogP contribution in [-0.2, 0) is 0 Å². The second-order valence-corrected chi connectivity index (χ2v) is 4.91. The van der Waals surface area contributed by atoms with Crippen molar-refractivity contribution in [3.8, 4) is 0 Å². The number of nitrogen functional groups attached to an aromatic ring is 1. The molecule has 2 aromatic carbocycles. The van der Waals surface area contributed by atoms with Crippen LogP contribution in [-0.4, -0.2) is 0 Å². The van der Waals surface area contributed by atoms with E-state index in [4.69, 9.17) is 17.3 Å². The topological polar surface area (TPSA) is 26.0 Å². The minimum absolute atomic E-state index is 0.0497. The number of nitrogens with two attached hydrogens (primary N) is 1. The van der Waals surface area contributed by atoms with Crippen LogP contribution >= 0.6 is 23.4 Å². The average Bonchev–Trinajstić information content (AvgIpc) is 2.28. The maximum absolute atomic E-state index is 13.2. The Morgan fingerprint density at radius 2 is 1.71 bits per heavy atom. The highest BCUT2D eigenvalue weighted by atomic mass is 35.5. The lowest BCUT2D eigenvalue weighted by atomic mass is 10.3. The van der Waals surface area contributed by atoms with Crippen LogP contribution in [0.25, 0.3) is 0 Å². The maximum Gasteiger partial charge on any atom is 0.150 e. The van der Waals surface area contributed by atoms with Crippen molar-refractivity contribution in [2.24, 2.45) is 0 Å². The lowest BCUT2D eigenvalue weighted by Gasteiger charge is -2.06. The van der Waals surface area contributed by atoms with Crippen LogP contribution in [0.5, 0.6) is 0 Å². The Labute approximate surface area is 107 Å². The van der Waals surface area contributed by atoms with Crippen LogP contribution < -0.4 is 5.73 Å². The number of hydrogen-bond donors (Lipinski definition) is 1. The summed E-state index contributed by atoms with van der Waals surface area (Å²) in [6.45, 7) is 0. The summed E-state index contributed by atoms with van der Waals surface area (Å²) in [7, 11) is 0. The smallest absolute Gasteiger partial charge is 0.150 e.